The summed E-state index contributed by atoms with van der Waals surface area (Å²) in [6, 6.07) is 14.4. The highest BCUT2D eigenvalue weighted by molar-refractivity contribution is 5.96. The maximum atomic E-state index is 12.6. The number of hydrogen-bond donors (Lipinski definition) is 0. The summed E-state index contributed by atoms with van der Waals surface area (Å²) in [6.45, 7) is 0.436. The molecule has 1 fully saturated rings. The van der Waals surface area contributed by atoms with Gasteiger partial charge in [-0.15, -0.1) is 0 Å². The average molecular weight is 390 g/mol. The third kappa shape index (κ3) is 3.50. The molecule has 1 amide bonds. The molecule has 1 aliphatic rings. The highest BCUT2D eigenvalue weighted by Crippen LogP contribution is 2.36. The van der Waals surface area contributed by atoms with Gasteiger partial charge >= 0.3 is 0 Å². The number of rotatable bonds is 5. The fourth-order valence-corrected chi connectivity index (χ4v) is 3.36. The molecule has 0 bridgehead atoms. The van der Waals surface area contributed by atoms with Crippen LogP contribution in [-0.4, -0.2) is 36.8 Å². The molecule has 1 saturated heterocycles. The van der Waals surface area contributed by atoms with Gasteiger partial charge in [0.2, 0.25) is 5.91 Å². The Morgan fingerprint density at radius 2 is 2.00 bits per heavy atom. The summed E-state index contributed by atoms with van der Waals surface area (Å²) in [7, 11) is 3.12. The van der Waals surface area contributed by atoms with Crippen LogP contribution >= 0.6 is 0 Å². The van der Waals surface area contributed by atoms with E-state index in [1.54, 1.807) is 55.5 Å². The lowest BCUT2D eigenvalue weighted by molar-refractivity contribution is -0.117. The second kappa shape index (κ2) is 7.64. The minimum Gasteiger partial charge on any atom is -0.493 e. The number of ether oxygens (including phenoxy) is 2. The molecule has 2 heterocycles. The van der Waals surface area contributed by atoms with Crippen molar-refractivity contribution in [1.29, 1.82) is 5.26 Å². The molecule has 0 N–H and O–H groups in total. The van der Waals surface area contributed by atoms with Crippen LogP contribution < -0.4 is 14.4 Å². The summed E-state index contributed by atoms with van der Waals surface area (Å²) >= 11 is 0. The molecule has 8 heteroatoms. The Hall–Kier alpha value is -3.86. The van der Waals surface area contributed by atoms with E-state index < -0.39 is 0 Å². The van der Waals surface area contributed by atoms with Crippen LogP contribution in [0.5, 0.6) is 11.5 Å². The zero-order valence-electron chi connectivity index (χ0n) is 16.0. The minimum atomic E-state index is -0.188. The van der Waals surface area contributed by atoms with E-state index in [0.29, 0.717) is 40.9 Å². The lowest BCUT2D eigenvalue weighted by atomic mass is 10.1. The largest absolute Gasteiger partial charge is 0.493 e. The molecule has 146 valence electrons. The summed E-state index contributed by atoms with van der Waals surface area (Å²) in [5.74, 6) is 1.74. The van der Waals surface area contributed by atoms with Crippen LogP contribution in [0.2, 0.25) is 0 Å². The molecule has 0 saturated carbocycles. The second-order valence-corrected chi connectivity index (χ2v) is 6.60. The number of nitrogens with zero attached hydrogens (tertiary/aromatic N) is 4. The number of amides is 1. The van der Waals surface area contributed by atoms with Gasteiger partial charge < -0.3 is 18.9 Å². The number of carbonyl (C=O) groups excluding carboxylic acids is 1. The van der Waals surface area contributed by atoms with Crippen LogP contribution in [0, 0.1) is 11.3 Å². The number of hydrogen-bond acceptors (Lipinski definition) is 7. The van der Waals surface area contributed by atoms with Gasteiger partial charge in [-0.1, -0.05) is 11.2 Å². The molecule has 1 aliphatic heterocycles. The summed E-state index contributed by atoms with van der Waals surface area (Å²) in [6.07, 6.45) is 0.283. The first-order chi connectivity index (χ1) is 14.1. The smallest absolute Gasteiger partial charge is 0.257 e. The number of methoxy groups -OCH3 is 2. The Labute approximate surface area is 167 Å². The highest BCUT2D eigenvalue weighted by atomic mass is 16.5. The zero-order valence-corrected chi connectivity index (χ0v) is 16.0. The fourth-order valence-electron chi connectivity index (χ4n) is 3.36. The number of aromatic nitrogens is 2. The van der Waals surface area contributed by atoms with Gasteiger partial charge in [-0.25, -0.2) is 0 Å². The van der Waals surface area contributed by atoms with Crippen molar-refractivity contribution in [3.8, 4) is 29.0 Å². The Kier molecular flexibility index (Phi) is 4.87. The maximum Gasteiger partial charge on any atom is 0.257 e. The lowest BCUT2D eigenvalue weighted by Gasteiger charge is -2.18. The first-order valence-corrected chi connectivity index (χ1v) is 8.99. The molecule has 29 heavy (non-hydrogen) atoms. The quantitative estimate of drug-likeness (QED) is 0.659. The molecule has 1 aromatic heterocycles. The van der Waals surface area contributed by atoms with Crippen molar-refractivity contribution in [2.45, 2.75) is 12.3 Å². The monoisotopic (exact) mass is 390 g/mol. The SMILES string of the molecule is COc1ccc(N2CC(c3noc(-c4cccc(C#N)c4)n3)CC2=O)cc1OC. The molecular weight excluding hydrogens is 372 g/mol. The van der Waals surface area contributed by atoms with Crippen molar-refractivity contribution >= 4 is 11.6 Å². The van der Waals surface area contributed by atoms with E-state index in [1.165, 1.54) is 0 Å². The predicted octanol–water partition coefficient (Wildman–Crippen LogP) is 3.15. The van der Waals surface area contributed by atoms with Crippen LogP contribution in [0.15, 0.2) is 47.0 Å². The molecule has 4 rings (SSSR count). The van der Waals surface area contributed by atoms with Crippen LogP contribution in [-0.2, 0) is 4.79 Å². The normalized spacial score (nSPS) is 16.0. The van der Waals surface area contributed by atoms with Gasteiger partial charge in [0.05, 0.1) is 25.9 Å². The Morgan fingerprint density at radius 1 is 1.17 bits per heavy atom. The van der Waals surface area contributed by atoms with Crippen molar-refractivity contribution < 1.29 is 18.8 Å². The molecule has 1 atom stereocenters. The first-order valence-electron chi connectivity index (χ1n) is 8.99. The van der Waals surface area contributed by atoms with E-state index in [4.69, 9.17) is 19.3 Å². The van der Waals surface area contributed by atoms with E-state index >= 15 is 0 Å². The third-order valence-electron chi connectivity index (χ3n) is 4.85. The predicted molar refractivity (Wildman–Crippen MR) is 104 cm³/mol. The van der Waals surface area contributed by atoms with Gasteiger partial charge in [-0.2, -0.15) is 10.2 Å². The molecule has 1 unspecified atom stereocenters. The number of nitriles is 1. The molecule has 0 aliphatic carbocycles. The number of benzene rings is 2. The zero-order chi connectivity index (χ0) is 20.4. The standard InChI is InChI=1S/C21H18N4O4/c1-27-17-7-6-16(10-18(17)28-2)25-12-15(9-19(25)26)20-23-21(29-24-20)14-5-3-4-13(8-14)11-22/h3-8,10,15H,9,12H2,1-2H3. The van der Waals surface area contributed by atoms with Crippen molar-refractivity contribution in [1.82, 2.24) is 10.1 Å². The topological polar surface area (TPSA) is 101 Å². The van der Waals surface area contributed by atoms with Crippen molar-refractivity contribution in [3.05, 3.63) is 53.9 Å². The van der Waals surface area contributed by atoms with E-state index in [-0.39, 0.29) is 18.2 Å². The van der Waals surface area contributed by atoms with Gasteiger partial charge in [0.25, 0.3) is 5.89 Å². The van der Waals surface area contributed by atoms with E-state index in [1.807, 2.05) is 6.07 Å². The van der Waals surface area contributed by atoms with Crippen molar-refractivity contribution in [3.63, 3.8) is 0 Å². The first kappa shape index (κ1) is 18.5. The van der Waals surface area contributed by atoms with Crippen molar-refractivity contribution in [2.24, 2.45) is 0 Å². The summed E-state index contributed by atoms with van der Waals surface area (Å²) in [5.41, 5.74) is 1.90. The van der Waals surface area contributed by atoms with E-state index in [0.717, 1.165) is 5.69 Å². The summed E-state index contributed by atoms with van der Waals surface area (Å²) < 4.78 is 15.9. The molecule has 3 aromatic rings. The fraction of sp³-hybridized carbons (Fsp3) is 0.238. The lowest BCUT2D eigenvalue weighted by Crippen LogP contribution is -2.24. The van der Waals surface area contributed by atoms with Gasteiger partial charge in [-0.05, 0) is 30.3 Å². The van der Waals surface area contributed by atoms with Crippen LogP contribution in [0.4, 0.5) is 5.69 Å². The summed E-state index contributed by atoms with van der Waals surface area (Å²) in [4.78, 5) is 18.7. The highest BCUT2D eigenvalue weighted by Gasteiger charge is 2.35. The molecule has 2 aromatic carbocycles. The van der Waals surface area contributed by atoms with Gasteiger partial charge in [0.15, 0.2) is 17.3 Å². The molecule has 0 spiro atoms. The second-order valence-electron chi connectivity index (χ2n) is 6.60. The Morgan fingerprint density at radius 3 is 2.76 bits per heavy atom. The minimum absolute atomic E-state index is 0.0277. The van der Waals surface area contributed by atoms with Crippen LogP contribution in [0.25, 0.3) is 11.5 Å². The van der Waals surface area contributed by atoms with Gasteiger partial charge in [-0.3, -0.25) is 4.79 Å². The van der Waals surface area contributed by atoms with Crippen LogP contribution in [0.3, 0.4) is 0 Å². The molecule has 0 radical (unpaired) electrons. The number of anilines is 1. The van der Waals surface area contributed by atoms with Crippen molar-refractivity contribution in [2.75, 3.05) is 25.7 Å². The Bertz CT molecular complexity index is 1100. The molecule has 8 nitrogen and oxygen atoms in total. The van der Waals surface area contributed by atoms with E-state index in [9.17, 15) is 4.79 Å². The van der Waals surface area contributed by atoms with E-state index in [2.05, 4.69) is 16.2 Å². The third-order valence-corrected chi connectivity index (χ3v) is 4.85. The molecular formula is C21H18N4O4. The Balaban J connectivity index is 1.56. The summed E-state index contributed by atoms with van der Waals surface area (Å²) in [5, 5.41) is 13.1. The van der Waals surface area contributed by atoms with Gasteiger partial charge in [0, 0.05) is 36.2 Å². The van der Waals surface area contributed by atoms with Gasteiger partial charge in [0.1, 0.15) is 0 Å². The number of carbonyl (C=O) groups is 1. The average Bonchev–Trinajstić information content (AvgIpc) is 3.40. The maximum absolute atomic E-state index is 12.6. The van der Waals surface area contributed by atoms with Crippen LogP contribution in [0.1, 0.15) is 23.7 Å².